The second-order valence-electron chi connectivity index (χ2n) is 6.35. The molecule has 3 rings (SSSR count). The van der Waals surface area contributed by atoms with Crippen molar-refractivity contribution in [3.05, 3.63) is 74.8 Å². The highest BCUT2D eigenvalue weighted by Crippen LogP contribution is 2.19. The first-order valence-corrected chi connectivity index (χ1v) is 8.87. The minimum absolute atomic E-state index is 0.000410. The van der Waals surface area contributed by atoms with Gasteiger partial charge in [0.05, 0.1) is 11.3 Å². The van der Waals surface area contributed by atoms with E-state index < -0.39 is 4.92 Å². The minimum Gasteiger partial charge on any atom is -0.340 e. The maximum absolute atomic E-state index is 12.5. The zero-order valence-corrected chi connectivity index (χ0v) is 15.1. The lowest BCUT2D eigenvalue weighted by Gasteiger charge is -2.34. The number of para-hydroxylation sites is 1. The summed E-state index contributed by atoms with van der Waals surface area (Å²) in [7, 11) is 0. The summed E-state index contributed by atoms with van der Waals surface area (Å²) in [5.41, 5.74) is 1.61. The smallest absolute Gasteiger partial charge is 0.273 e. The molecule has 0 radical (unpaired) electrons. The first kappa shape index (κ1) is 18.4. The standard InChI is InChI=1S/C19H20ClN3O3/c20-17-6-3-4-15(12-17)14-21-8-10-22(11-9-21)19(24)13-16-5-1-2-7-18(16)23(25)26/h1-7,12H,8-11,13-14H2. The van der Waals surface area contributed by atoms with Gasteiger partial charge in [-0.25, -0.2) is 0 Å². The first-order chi connectivity index (χ1) is 12.5. The molecule has 2 aromatic rings. The van der Waals surface area contributed by atoms with Crippen molar-refractivity contribution in [1.29, 1.82) is 0 Å². The van der Waals surface area contributed by atoms with Crippen molar-refractivity contribution in [3.8, 4) is 0 Å². The lowest BCUT2D eigenvalue weighted by Crippen LogP contribution is -2.48. The van der Waals surface area contributed by atoms with Crippen molar-refractivity contribution in [3.63, 3.8) is 0 Å². The number of carbonyl (C=O) groups is 1. The summed E-state index contributed by atoms with van der Waals surface area (Å²) in [5.74, 6) is -0.0679. The van der Waals surface area contributed by atoms with Gasteiger partial charge in [-0.2, -0.15) is 0 Å². The van der Waals surface area contributed by atoms with Crippen LogP contribution < -0.4 is 0 Å². The monoisotopic (exact) mass is 373 g/mol. The van der Waals surface area contributed by atoms with Crippen LogP contribution in [0.15, 0.2) is 48.5 Å². The molecule has 0 atom stereocenters. The van der Waals surface area contributed by atoms with E-state index in [4.69, 9.17) is 11.6 Å². The van der Waals surface area contributed by atoms with Crippen molar-refractivity contribution >= 4 is 23.2 Å². The maximum Gasteiger partial charge on any atom is 0.273 e. The molecule has 6 nitrogen and oxygen atoms in total. The molecule has 1 fully saturated rings. The number of piperazine rings is 1. The number of benzene rings is 2. The van der Waals surface area contributed by atoms with Gasteiger partial charge in [-0.1, -0.05) is 41.9 Å². The third-order valence-corrected chi connectivity index (χ3v) is 4.79. The number of hydrogen-bond donors (Lipinski definition) is 0. The Kier molecular flexibility index (Phi) is 5.85. The van der Waals surface area contributed by atoms with Gasteiger partial charge in [-0.3, -0.25) is 19.8 Å². The zero-order chi connectivity index (χ0) is 18.5. The number of nitro benzene ring substituents is 1. The van der Waals surface area contributed by atoms with Crippen molar-refractivity contribution in [2.45, 2.75) is 13.0 Å². The van der Waals surface area contributed by atoms with Gasteiger partial charge >= 0.3 is 0 Å². The van der Waals surface area contributed by atoms with Crippen LogP contribution in [-0.4, -0.2) is 46.8 Å². The Labute approximate surface area is 157 Å². The fraction of sp³-hybridized carbons (Fsp3) is 0.316. The number of nitrogens with zero attached hydrogens (tertiary/aromatic N) is 3. The molecule has 2 aromatic carbocycles. The molecule has 0 N–H and O–H groups in total. The predicted octanol–water partition coefficient (Wildman–Crippen LogP) is 3.14. The molecule has 1 aliphatic heterocycles. The van der Waals surface area contributed by atoms with Crippen molar-refractivity contribution < 1.29 is 9.72 Å². The van der Waals surface area contributed by atoms with Crippen LogP contribution in [0.1, 0.15) is 11.1 Å². The number of hydrogen-bond acceptors (Lipinski definition) is 4. The van der Waals surface area contributed by atoms with Gasteiger partial charge in [-0.05, 0) is 17.7 Å². The Balaban J connectivity index is 1.55. The number of halogens is 1. The molecular formula is C19H20ClN3O3. The highest BCUT2D eigenvalue weighted by atomic mass is 35.5. The number of carbonyl (C=O) groups excluding carboxylic acids is 1. The van der Waals surface area contributed by atoms with Crippen LogP contribution in [0.2, 0.25) is 5.02 Å². The molecule has 26 heavy (non-hydrogen) atoms. The summed E-state index contributed by atoms with van der Waals surface area (Å²) >= 11 is 6.02. The van der Waals surface area contributed by atoms with E-state index in [1.807, 2.05) is 24.3 Å². The van der Waals surface area contributed by atoms with E-state index in [0.29, 0.717) is 18.7 Å². The third kappa shape index (κ3) is 4.59. The summed E-state index contributed by atoms with van der Waals surface area (Å²) < 4.78 is 0. The second kappa shape index (κ2) is 8.29. The fourth-order valence-corrected chi connectivity index (χ4v) is 3.37. The molecule has 7 heteroatoms. The second-order valence-corrected chi connectivity index (χ2v) is 6.79. The van der Waals surface area contributed by atoms with Crippen LogP contribution in [-0.2, 0) is 17.8 Å². The molecule has 0 bridgehead atoms. The average Bonchev–Trinajstić information content (AvgIpc) is 2.62. The highest BCUT2D eigenvalue weighted by molar-refractivity contribution is 6.30. The van der Waals surface area contributed by atoms with Crippen LogP contribution in [0, 0.1) is 10.1 Å². The summed E-state index contributed by atoms with van der Waals surface area (Å²) in [4.78, 5) is 27.2. The highest BCUT2D eigenvalue weighted by Gasteiger charge is 2.23. The summed E-state index contributed by atoms with van der Waals surface area (Å²) in [6.45, 7) is 3.59. The number of nitro groups is 1. The van der Waals surface area contributed by atoms with Gasteiger partial charge in [-0.15, -0.1) is 0 Å². The van der Waals surface area contributed by atoms with E-state index in [0.717, 1.165) is 30.2 Å². The molecule has 0 unspecified atom stereocenters. The lowest BCUT2D eigenvalue weighted by atomic mass is 10.1. The van der Waals surface area contributed by atoms with E-state index in [-0.39, 0.29) is 18.0 Å². The van der Waals surface area contributed by atoms with Gasteiger partial charge < -0.3 is 4.90 Å². The van der Waals surface area contributed by atoms with E-state index in [1.54, 1.807) is 23.1 Å². The average molecular weight is 374 g/mol. The molecule has 1 amide bonds. The molecule has 1 saturated heterocycles. The van der Waals surface area contributed by atoms with Gasteiger partial charge in [0, 0.05) is 49.4 Å². The van der Waals surface area contributed by atoms with Gasteiger partial charge in [0.25, 0.3) is 5.69 Å². The minimum atomic E-state index is -0.439. The van der Waals surface area contributed by atoms with Crippen LogP contribution in [0.3, 0.4) is 0 Å². The molecule has 1 heterocycles. The topological polar surface area (TPSA) is 66.7 Å². The molecule has 0 spiro atoms. The fourth-order valence-electron chi connectivity index (χ4n) is 3.16. The largest absolute Gasteiger partial charge is 0.340 e. The Morgan fingerprint density at radius 3 is 2.50 bits per heavy atom. The molecule has 136 valence electrons. The van der Waals surface area contributed by atoms with Gasteiger partial charge in [0.15, 0.2) is 0 Å². The van der Waals surface area contributed by atoms with Crippen molar-refractivity contribution in [2.24, 2.45) is 0 Å². The van der Waals surface area contributed by atoms with Crippen LogP contribution in [0.25, 0.3) is 0 Å². The Hall–Kier alpha value is -2.44. The van der Waals surface area contributed by atoms with E-state index >= 15 is 0 Å². The van der Waals surface area contributed by atoms with Crippen molar-refractivity contribution in [2.75, 3.05) is 26.2 Å². The Morgan fingerprint density at radius 1 is 1.08 bits per heavy atom. The summed E-state index contributed by atoms with van der Waals surface area (Å²) in [6, 6.07) is 14.2. The number of amides is 1. The van der Waals surface area contributed by atoms with E-state index in [2.05, 4.69) is 4.90 Å². The molecule has 0 aliphatic carbocycles. The van der Waals surface area contributed by atoms with E-state index in [1.165, 1.54) is 6.07 Å². The quantitative estimate of drug-likeness (QED) is 0.596. The summed E-state index contributed by atoms with van der Waals surface area (Å²) in [5, 5.41) is 11.8. The molecule has 1 aliphatic rings. The normalized spacial score (nSPS) is 15.0. The zero-order valence-electron chi connectivity index (χ0n) is 14.3. The maximum atomic E-state index is 12.5. The predicted molar refractivity (Wildman–Crippen MR) is 100 cm³/mol. The van der Waals surface area contributed by atoms with Gasteiger partial charge in [0.2, 0.25) is 5.91 Å². The van der Waals surface area contributed by atoms with E-state index in [9.17, 15) is 14.9 Å². The molecular weight excluding hydrogens is 354 g/mol. The van der Waals surface area contributed by atoms with Crippen LogP contribution in [0.5, 0.6) is 0 Å². The first-order valence-electron chi connectivity index (χ1n) is 8.50. The van der Waals surface area contributed by atoms with Gasteiger partial charge in [0.1, 0.15) is 0 Å². The number of rotatable bonds is 5. The molecule has 0 saturated carbocycles. The third-order valence-electron chi connectivity index (χ3n) is 4.55. The molecule has 0 aromatic heterocycles. The van der Waals surface area contributed by atoms with Crippen LogP contribution >= 0.6 is 11.6 Å². The lowest BCUT2D eigenvalue weighted by molar-refractivity contribution is -0.385. The Morgan fingerprint density at radius 2 is 1.81 bits per heavy atom. The SMILES string of the molecule is O=C(Cc1ccccc1[N+](=O)[O-])N1CCN(Cc2cccc(Cl)c2)CC1. The van der Waals surface area contributed by atoms with Crippen molar-refractivity contribution in [1.82, 2.24) is 9.80 Å². The van der Waals surface area contributed by atoms with Crippen LogP contribution in [0.4, 0.5) is 5.69 Å². The summed E-state index contributed by atoms with van der Waals surface area (Å²) in [6.07, 6.45) is 0.0610. The Bertz CT molecular complexity index is 804.